The van der Waals surface area contributed by atoms with Crippen LogP contribution in [0.5, 0.6) is 0 Å². The van der Waals surface area contributed by atoms with Gasteiger partial charge in [-0.15, -0.1) is 0 Å². The van der Waals surface area contributed by atoms with Gasteiger partial charge in [0, 0.05) is 36.3 Å². The fourth-order valence-electron chi connectivity index (χ4n) is 7.18. The van der Waals surface area contributed by atoms with Crippen molar-refractivity contribution in [1.29, 1.82) is 0 Å². The van der Waals surface area contributed by atoms with Crippen LogP contribution < -0.4 is 0 Å². The number of ether oxygens (including phenoxy) is 5. The number of esters is 1. The Hall–Kier alpha value is -2.55. The molecule has 5 aliphatic rings. The second kappa shape index (κ2) is 9.25. The number of benzene rings is 1. The monoisotopic (exact) mass is 544 g/mol. The lowest BCUT2D eigenvalue weighted by atomic mass is 9.73. The zero-order chi connectivity index (χ0) is 27.1. The van der Waals surface area contributed by atoms with Crippen LogP contribution in [0.1, 0.15) is 17.7 Å². The van der Waals surface area contributed by atoms with Crippen LogP contribution in [0, 0.1) is 11.8 Å². The van der Waals surface area contributed by atoms with Crippen molar-refractivity contribution >= 4 is 16.9 Å². The van der Waals surface area contributed by atoms with Crippen molar-refractivity contribution in [2.24, 2.45) is 11.8 Å². The van der Waals surface area contributed by atoms with Crippen molar-refractivity contribution in [2.45, 2.75) is 61.7 Å². The quantitative estimate of drug-likeness (QED) is 0.314. The molecule has 12 nitrogen and oxygen atoms in total. The van der Waals surface area contributed by atoms with Gasteiger partial charge in [-0.2, -0.15) is 0 Å². The molecule has 1 spiro atoms. The Kier molecular flexibility index (Phi) is 6.03. The summed E-state index contributed by atoms with van der Waals surface area (Å²) in [5.41, 5.74) is 2.85. The molecule has 2 bridgehead atoms. The van der Waals surface area contributed by atoms with Crippen molar-refractivity contribution < 1.29 is 48.9 Å². The van der Waals surface area contributed by atoms with E-state index in [0.717, 1.165) is 29.6 Å². The molecule has 1 aromatic heterocycles. The van der Waals surface area contributed by atoms with E-state index in [-0.39, 0.29) is 5.92 Å². The Morgan fingerprint density at radius 3 is 2.79 bits per heavy atom. The molecule has 3 fully saturated rings. The van der Waals surface area contributed by atoms with Crippen molar-refractivity contribution in [3.05, 3.63) is 47.4 Å². The van der Waals surface area contributed by atoms with Gasteiger partial charge in [-0.05, 0) is 18.1 Å². The Balaban J connectivity index is 1.25. The minimum Gasteiger partial charge on any atom is -0.471 e. The molecule has 210 valence electrons. The molecule has 2 aromatic rings. The Bertz CT molecular complexity index is 1310. The van der Waals surface area contributed by atoms with Gasteiger partial charge in [0.2, 0.25) is 6.29 Å². The Morgan fingerprint density at radius 2 is 2.00 bits per heavy atom. The molecule has 0 amide bonds. The zero-order valence-electron chi connectivity index (χ0n) is 21.3. The largest absolute Gasteiger partial charge is 0.471 e. The minimum absolute atomic E-state index is 0.369. The van der Waals surface area contributed by atoms with Crippen molar-refractivity contribution in [3.8, 4) is 0 Å². The smallest absolute Gasteiger partial charge is 0.337 e. The molecule has 6 heterocycles. The van der Waals surface area contributed by atoms with Gasteiger partial charge in [0.15, 0.2) is 12.0 Å². The van der Waals surface area contributed by atoms with E-state index in [4.69, 9.17) is 23.7 Å². The summed E-state index contributed by atoms with van der Waals surface area (Å²) >= 11 is 0. The van der Waals surface area contributed by atoms with Crippen LogP contribution >= 0.6 is 0 Å². The van der Waals surface area contributed by atoms with Crippen LogP contribution in [0.15, 0.2) is 36.1 Å². The number of carbonyl (C=O) groups is 1. The van der Waals surface area contributed by atoms with Crippen LogP contribution in [-0.4, -0.2) is 106 Å². The van der Waals surface area contributed by atoms with Crippen LogP contribution in [0.25, 0.3) is 10.9 Å². The van der Waals surface area contributed by atoms with E-state index >= 15 is 0 Å². The second-order valence-corrected chi connectivity index (χ2v) is 11.0. The summed E-state index contributed by atoms with van der Waals surface area (Å²) < 4.78 is 29.5. The number of hydrogen-bond donors (Lipinski definition) is 5. The number of para-hydroxylation sites is 1. The first-order valence-electron chi connectivity index (χ1n) is 13.3. The number of rotatable bonds is 4. The highest BCUT2D eigenvalue weighted by atomic mass is 16.8. The summed E-state index contributed by atoms with van der Waals surface area (Å²) in [7, 11) is 1.32. The number of fused-ring (bicyclic) bond motifs is 6. The number of nitrogens with zero attached hydrogens (tertiary/aromatic N) is 1. The molecular formula is C27H32N2O10. The second-order valence-electron chi connectivity index (χ2n) is 11.0. The summed E-state index contributed by atoms with van der Waals surface area (Å²) in [6.45, 7) is 0.772. The van der Waals surface area contributed by atoms with Gasteiger partial charge in [0.05, 0.1) is 43.3 Å². The standard InChI is InChI=1S/C27H32N2O10/c1-35-24(34)15-11-36-25(38-26-22(33)21(32)20(31)18(10-30)37-26)19-14(15)8-27-23-13(6-7-29(27)9-17(19)39-27)12-4-2-3-5-16(12)28-23/h2-5,11,14,17-22,25-26,28,30-33H,6-10H2,1H3/t14-,17+,18-,19?,20-,21+,22-,25+,26+,27+/m1/s1. The first-order chi connectivity index (χ1) is 18.9. The zero-order valence-corrected chi connectivity index (χ0v) is 21.3. The number of nitrogens with one attached hydrogen (secondary N) is 1. The number of aliphatic hydroxyl groups excluding tert-OH is 4. The van der Waals surface area contributed by atoms with E-state index in [1.165, 1.54) is 18.9 Å². The summed E-state index contributed by atoms with van der Waals surface area (Å²) in [5, 5.41) is 41.7. The summed E-state index contributed by atoms with van der Waals surface area (Å²) in [6, 6.07) is 8.17. The molecule has 10 atom stereocenters. The summed E-state index contributed by atoms with van der Waals surface area (Å²) in [6.07, 6.45) is -5.98. The highest BCUT2D eigenvalue weighted by molar-refractivity contribution is 5.89. The molecule has 0 saturated carbocycles. The van der Waals surface area contributed by atoms with Gasteiger partial charge in [0.25, 0.3) is 0 Å². The number of hydrogen-bond acceptors (Lipinski definition) is 11. The topological polar surface area (TPSA) is 163 Å². The average Bonchev–Trinajstić information content (AvgIpc) is 3.48. The molecule has 0 radical (unpaired) electrons. The van der Waals surface area contributed by atoms with Crippen LogP contribution in [0.3, 0.4) is 0 Å². The molecule has 1 aromatic carbocycles. The first kappa shape index (κ1) is 25.4. The van der Waals surface area contributed by atoms with Gasteiger partial charge in [0.1, 0.15) is 24.4 Å². The van der Waals surface area contributed by atoms with E-state index in [0.29, 0.717) is 18.5 Å². The third-order valence-corrected chi connectivity index (χ3v) is 9.06. The third kappa shape index (κ3) is 3.64. The van der Waals surface area contributed by atoms with Crippen LogP contribution in [0.2, 0.25) is 0 Å². The van der Waals surface area contributed by atoms with Crippen LogP contribution in [-0.2, 0) is 40.6 Å². The number of aromatic nitrogens is 1. The first-order valence-corrected chi connectivity index (χ1v) is 13.3. The molecule has 5 aliphatic heterocycles. The maximum absolute atomic E-state index is 12.9. The molecule has 39 heavy (non-hydrogen) atoms. The van der Waals surface area contributed by atoms with Crippen molar-refractivity contribution in [2.75, 3.05) is 26.8 Å². The lowest BCUT2D eigenvalue weighted by Gasteiger charge is -2.50. The lowest BCUT2D eigenvalue weighted by Crippen LogP contribution is -2.61. The Morgan fingerprint density at radius 1 is 1.18 bits per heavy atom. The predicted molar refractivity (Wildman–Crippen MR) is 132 cm³/mol. The molecule has 12 heteroatoms. The summed E-state index contributed by atoms with van der Waals surface area (Å²) in [4.78, 5) is 18.8. The van der Waals surface area contributed by atoms with Gasteiger partial charge >= 0.3 is 5.97 Å². The van der Waals surface area contributed by atoms with E-state index in [2.05, 4.69) is 16.0 Å². The van der Waals surface area contributed by atoms with E-state index in [1.54, 1.807) is 0 Å². The molecule has 1 unspecified atom stereocenters. The number of H-pyrrole nitrogens is 1. The third-order valence-electron chi connectivity index (χ3n) is 9.06. The Labute approximate surface area is 223 Å². The number of methoxy groups -OCH3 is 1. The number of aliphatic hydroxyl groups is 4. The van der Waals surface area contributed by atoms with Gasteiger partial charge < -0.3 is 49.1 Å². The maximum atomic E-state index is 12.9. The highest BCUT2D eigenvalue weighted by Crippen LogP contribution is 2.57. The normalized spacial score (nSPS) is 41.3. The van der Waals surface area contributed by atoms with Crippen molar-refractivity contribution in [1.82, 2.24) is 9.88 Å². The molecule has 0 aliphatic carbocycles. The summed E-state index contributed by atoms with van der Waals surface area (Å²) in [5.74, 6) is -1.35. The van der Waals surface area contributed by atoms with Crippen LogP contribution in [0.4, 0.5) is 0 Å². The van der Waals surface area contributed by atoms with E-state index in [1.807, 2.05) is 18.2 Å². The molecule has 3 saturated heterocycles. The fraction of sp³-hybridized carbons (Fsp3) is 0.593. The SMILES string of the molecule is COC(=O)C1=CO[C@@H](O[C@@H]2O[C@H](CO)[C@@H](O)[C@H](O)[C@H]2O)C2[C@@H]3CN4CCc5c([nH]c6ccccc56)[C@]4(C[C@H]12)O3. The number of aromatic amines is 1. The predicted octanol–water partition coefficient (Wildman–Crippen LogP) is -0.557. The number of carbonyl (C=O) groups excluding carboxylic acids is 1. The highest BCUT2D eigenvalue weighted by Gasteiger charge is 2.64. The van der Waals surface area contributed by atoms with E-state index < -0.39 is 67.3 Å². The minimum atomic E-state index is -1.59. The van der Waals surface area contributed by atoms with Gasteiger partial charge in [-0.3, -0.25) is 4.90 Å². The van der Waals surface area contributed by atoms with E-state index in [9.17, 15) is 25.2 Å². The fourth-order valence-corrected chi connectivity index (χ4v) is 7.18. The molecule has 7 rings (SSSR count). The van der Waals surface area contributed by atoms with Gasteiger partial charge in [-0.25, -0.2) is 4.79 Å². The maximum Gasteiger partial charge on any atom is 0.337 e. The average molecular weight is 545 g/mol. The molecule has 5 N–H and O–H groups in total. The lowest BCUT2D eigenvalue weighted by molar-refractivity contribution is -0.350. The van der Waals surface area contributed by atoms with Crippen molar-refractivity contribution in [3.63, 3.8) is 0 Å². The molecular weight excluding hydrogens is 512 g/mol. The van der Waals surface area contributed by atoms with Gasteiger partial charge in [-0.1, -0.05) is 18.2 Å².